The third kappa shape index (κ3) is 5.30. The number of anilines is 1. The molecular formula is C16H15F2N3OS. The van der Waals surface area contributed by atoms with Crippen LogP contribution in [-0.2, 0) is 0 Å². The van der Waals surface area contributed by atoms with E-state index in [2.05, 4.69) is 15.8 Å². The van der Waals surface area contributed by atoms with Crippen molar-refractivity contribution in [2.45, 2.75) is 6.92 Å². The molecule has 0 radical (unpaired) electrons. The monoisotopic (exact) mass is 335 g/mol. The van der Waals surface area contributed by atoms with E-state index in [0.29, 0.717) is 12.2 Å². The Morgan fingerprint density at radius 3 is 2.57 bits per heavy atom. The minimum Gasteiger partial charge on any atom is -0.494 e. The second kappa shape index (κ2) is 8.19. The number of halogens is 2. The fraction of sp³-hybridized carbons (Fsp3) is 0.125. The molecule has 120 valence electrons. The van der Waals surface area contributed by atoms with Crippen LogP contribution in [0.3, 0.4) is 0 Å². The van der Waals surface area contributed by atoms with Gasteiger partial charge in [-0.2, -0.15) is 5.10 Å². The van der Waals surface area contributed by atoms with E-state index >= 15 is 0 Å². The second-order valence-corrected chi connectivity index (χ2v) is 4.86. The predicted octanol–water partition coefficient (Wildman–Crippen LogP) is 3.68. The predicted molar refractivity (Wildman–Crippen MR) is 90.9 cm³/mol. The highest BCUT2D eigenvalue weighted by Gasteiger charge is 2.01. The molecule has 0 amide bonds. The molecule has 2 N–H and O–H groups in total. The molecular weight excluding hydrogens is 320 g/mol. The lowest BCUT2D eigenvalue weighted by atomic mass is 10.2. The summed E-state index contributed by atoms with van der Waals surface area (Å²) < 4.78 is 31.2. The molecule has 0 saturated carbocycles. The zero-order valence-electron chi connectivity index (χ0n) is 12.3. The highest BCUT2D eigenvalue weighted by atomic mass is 32.1. The SMILES string of the molecule is CCOc1ccc(NC(=S)N/N=C\c2ccc(F)c(F)c2)cc1. The molecule has 7 heteroatoms. The number of hydrogen-bond donors (Lipinski definition) is 2. The van der Waals surface area contributed by atoms with Crippen LogP contribution in [0.15, 0.2) is 47.6 Å². The maximum Gasteiger partial charge on any atom is 0.191 e. The molecule has 0 aliphatic heterocycles. The van der Waals surface area contributed by atoms with Crippen molar-refractivity contribution >= 4 is 29.2 Å². The van der Waals surface area contributed by atoms with Gasteiger partial charge in [0.15, 0.2) is 16.7 Å². The smallest absolute Gasteiger partial charge is 0.191 e. The van der Waals surface area contributed by atoms with Gasteiger partial charge in [0.2, 0.25) is 0 Å². The van der Waals surface area contributed by atoms with E-state index in [1.807, 2.05) is 31.2 Å². The van der Waals surface area contributed by atoms with Crippen LogP contribution in [0.5, 0.6) is 5.75 Å². The molecule has 0 unspecified atom stereocenters. The Hall–Kier alpha value is -2.54. The second-order valence-electron chi connectivity index (χ2n) is 4.46. The van der Waals surface area contributed by atoms with E-state index in [0.717, 1.165) is 23.6 Å². The third-order valence-corrected chi connectivity index (χ3v) is 2.94. The minimum atomic E-state index is -0.927. The Morgan fingerprint density at radius 1 is 1.17 bits per heavy atom. The van der Waals surface area contributed by atoms with Crippen molar-refractivity contribution in [1.29, 1.82) is 0 Å². The molecule has 0 saturated heterocycles. The number of rotatable bonds is 5. The highest BCUT2D eigenvalue weighted by molar-refractivity contribution is 7.80. The van der Waals surface area contributed by atoms with Crippen molar-refractivity contribution in [3.63, 3.8) is 0 Å². The molecule has 0 spiro atoms. The lowest BCUT2D eigenvalue weighted by Gasteiger charge is -2.08. The van der Waals surface area contributed by atoms with Crippen molar-refractivity contribution in [3.8, 4) is 5.75 Å². The van der Waals surface area contributed by atoms with Crippen molar-refractivity contribution in [2.75, 3.05) is 11.9 Å². The largest absolute Gasteiger partial charge is 0.494 e. The van der Waals surface area contributed by atoms with Crippen LogP contribution in [0, 0.1) is 11.6 Å². The zero-order valence-corrected chi connectivity index (χ0v) is 13.2. The quantitative estimate of drug-likeness (QED) is 0.497. The summed E-state index contributed by atoms with van der Waals surface area (Å²) >= 11 is 5.08. The minimum absolute atomic E-state index is 0.271. The molecule has 0 atom stereocenters. The summed E-state index contributed by atoms with van der Waals surface area (Å²) in [4.78, 5) is 0. The van der Waals surface area contributed by atoms with Gasteiger partial charge in [0, 0.05) is 5.69 Å². The van der Waals surface area contributed by atoms with Gasteiger partial charge in [-0.25, -0.2) is 8.78 Å². The van der Waals surface area contributed by atoms with E-state index in [1.54, 1.807) is 0 Å². The molecule has 0 fully saturated rings. The van der Waals surface area contributed by atoms with Crippen molar-refractivity contribution < 1.29 is 13.5 Å². The number of hydrogen-bond acceptors (Lipinski definition) is 3. The van der Waals surface area contributed by atoms with E-state index in [1.165, 1.54) is 12.3 Å². The summed E-state index contributed by atoms with van der Waals surface area (Å²) in [6.45, 7) is 2.52. The lowest BCUT2D eigenvalue weighted by molar-refractivity contribution is 0.340. The van der Waals surface area contributed by atoms with Gasteiger partial charge in [-0.15, -0.1) is 0 Å². The molecule has 0 aliphatic carbocycles. The number of hydrazone groups is 1. The van der Waals surface area contributed by atoms with E-state index in [-0.39, 0.29) is 5.11 Å². The van der Waals surface area contributed by atoms with Crippen LogP contribution < -0.4 is 15.5 Å². The Bertz CT molecular complexity index is 705. The van der Waals surface area contributed by atoms with Gasteiger partial charge in [-0.1, -0.05) is 6.07 Å². The van der Waals surface area contributed by atoms with E-state index < -0.39 is 11.6 Å². The van der Waals surface area contributed by atoms with Gasteiger partial charge >= 0.3 is 0 Å². The lowest BCUT2D eigenvalue weighted by Crippen LogP contribution is -2.23. The maximum atomic E-state index is 13.0. The van der Waals surface area contributed by atoms with Crippen LogP contribution >= 0.6 is 12.2 Å². The summed E-state index contributed by atoms with van der Waals surface area (Å²) in [5, 5.41) is 7.07. The number of thiocarbonyl (C=S) groups is 1. The number of nitrogens with one attached hydrogen (secondary N) is 2. The average molecular weight is 335 g/mol. The summed E-state index contributed by atoms with van der Waals surface area (Å²) in [5.41, 5.74) is 3.78. The third-order valence-electron chi connectivity index (χ3n) is 2.75. The number of nitrogens with zero attached hydrogens (tertiary/aromatic N) is 1. The molecule has 2 aromatic carbocycles. The Kier molecular flexibility index (Phi) is 5.99. The molecule has 0 aliphatic rings. The van der Waals surface area contributed by atoms with Crippen LogP contribution in [0.25, 0.3) is 0 Å². The molecule has 2 aromatic rings. The molecule has 0 heterocycles. The van der Waals surface area contributed by atoms with Crippen LogP contribution in [-0.4, -0.2) is 17.9 Å². The first-order valence-electron chi connectivity index (χ1n) is 6.86. The Morgan fingerprint density at radius 2 is 1.91 bits per heavy atom. The van der Waals surface area contributed by atoms with Crippen LogP contribution in [0.1, 0.15) is 12.5 Å². The van der Waals surface area contributed by atoms with Crippen molar-refractivity contribution in [2.24, 2.45) is 5.10 Å². The molecule has 0 aromatic heterocycles. The summed E-state index contributed by atoms with van der Waals surface area (Å²) in [6, 6.07) is 10.8. The summed E-state index contributed by atoms with van der Waals surface area (Å²) in [5.74, 6) is -1.06. The Balaban J connectivity index is 1.86. The van der Waals surface area contributed by atoms with Crippen LogP contribution in [0.4, 0.5) is 14.5 Å². The first-order chi connectivity index (χ1) is 11.1. The number of ether oxygens (including phenoxy) is 1. The first kappa shape index (κ1) is 16.8. The van der Waals surface area contributed by atoms with E-state index in [4.69, 9.17) is 17.0 Å². The summed E-state index contributed by atoms with van der Waals surface area (Å²) in [7, 11) is 0. The van der Waals surface area contributed by atoms with Crippen molar-refractivity contribution in [3.05, 3.63) is 59.7 Å². The zero-order chi connectivity index (χ0) is 16.7. The highest BCUT2D eigenvalue weighted by Crippen LogP contribution is 2.15. The van der Waals surface area contributed by atoms with Gasteiger partial charge in [-0.05, 0) is 61.1 Å². The van der Waals surface area contributed by atoms with Crippen LogP contribution in [0.2, 0.25) is 0 Å². The maximum absolute atomic E-state index is 13.0. The molecule has 2 rings (SSSR count). The van der Waals surface area contributed by atoms with Gasteiger partial charge < -0.3 is 10.1 Å². The topological polar surface area (TPSA) is 45.6 Å². The molecule has 4 nitrogen and oxygen atoms in total. The van der Waals surface area contributed by atoms with Gasteiger partial charge in [0.1, 0.15) is 5.75 Å². The van der Waals surface area contributed by atoms with Gasteiger partial charge in [0.05, 0.1) is 12.8 Å². The fourth-order valence-corrected chi connectivity index (χ4v) is 1.89. The van der Waals surface area contributed by atoms with Gasteiger partial charge in [-0.3, -0.25) is 5.43 Å². The standard InChI is InChI=1S/C16H15F2N3OS/c1-2-22-13-6-4-12(5-7-13)20-16(23)21-19-10-11-3-8-14(17)15(18)9-11/h3-10H,2H2,1H3,(H2,20,21,23)/b19-10-. The first-order valence-corrected chi connectivity index (χ1v) is 7.27. The molecule has 0 bridgehead atoms. The molecule has 23 heavy (non-hydrogen) atoms. The van der Waals surface area contributed by atoms with Crippen molar-refractivity contribution in [1.82, 2.24) is 5.43 Å². The number of benzene rings is 2. The van der Waals surface area contributed by atoms with Gasteiger partial charge in [0.25, 0.3) is 0 Å². The summed E-state index contributed by atoms with van der Waals surface area (Å²) in [6.07, 6.45) is 1.34. The van der Waals surface area contributed by atoms with E-state index in [9.17, 15) is 8.78 Å². The normalized spacial score (nSPS) is 10.6. The Labute approximate surface area is 138 Å². The average Bonchev–Trinajstić information content (AvgIpc) is 2.53. The fourth-order valence-electron chi connectivity index (χ4n) is 1.72.